The van der Waals surface area contributed by atoms with Gasteiger partial charge in [0.15, 0.2) is 0 Å². The number of aromatic nitrogens is 2. The molecule has 0 aliphatic carbocycles. The number of hydrogen-bond donors (Lipinski definition) is 1. The van der Waals surface area contributed by atoms with Crippen molar-refractivity contribution in [2.45, 2.75) is 45.7 Å². The van der Waals surface area contributed by atoms with Crippen LogP contribution in [0.3, 0.4) is 0 Å². The summed E-state index contributed by atoms with van der Waals surface area (Å²) >= 11 is 3.61. The average molecular weight is 331 g/mol. The largest absolute Gasteiger partial charge is 0.314 e. The van der Waals surface area contributed by atoms with Gasteiger partial charge in [-0.1, -0.05) is 6.92 Å². The van der Waals surface area contributed by atoms with Crippen LogP contribution in [0.5, 0.6) is 0 Å². The summed E-state index contributed by atoms with van der Waals surface area (Å²) in [5.41, 5.74) is 1.31. The Labute approximate surface area is 125 Å². The molecule has 0 spiro atoms. The molecule has 19 heavy (non-hydrogen) atoms. The Kier molecular flexibility index (Phi) is 7.64. The minimum absolute atomic E-state index is 0.559. The maximum atomic E-state index is 4.45. The minimum Gasteiger partial charge on any atom is -0.314 e. The number of halogens is 1. The number of nitrogens with zero attached hydrogens (tertiary/aromatic N) is 3. The van der Waals surface area contributed by atoms with Gasteiger partial charge in [0, 0.05) is 12.6 Å². The standard InChI is InChI=1S/C14H27BrN4/c1-5-8-16-12(2)6-7-14-13(15)11-17-19(14)10-9-18(3)4/h11-12,16H,5-10H2,1-4H3. The third kappa shape index (κ3) is 6.06. The molecule has 0 saturated carbocycles. The molecule has 0 saturated heterocycles. The second-order valence-electron chi connectivity index (χ2n) is 5.36. The van der Waals surface area contributed by atoms with Crippen molar-refractivity contribution in [3.63, 3.8) is 0 Å². The van der Waals surface area contributed by atoms with Gasteiger partial charge in [0.25, 0.3) is 0 Å². The lowest BCUT2D eigenvalue weighted by molar-refractivity contribution is 0.368. The van der Waals surface area contributed by atoms with Gasteiger partial charge >= 0.3 is 0 Å². The fraction of sp³-hybridized carbons (Fsp3) is 0.786. The molecule has 0 fully saturated rings. The number of rotatable bonds is 9. The Bertz CT molecular complexity index is 362. The van der Waals surface area contributed by atoms with Gasteiger partial charge in [-0.05, 0) is 62.8 Å². The number of nitrogens with one attached hydrogen (secondary N) is 1. The Morgan fingerprint density at radius 1 is 1.47 bits per heavy atom. The van der Waals surface area contributed by atoms with E-state index in [0.717, 1.165) is 36.9 Å². The first-order valence-corrected chi connectivity index (χ1v) is 7.92. The molecule has 110 valence electrons. The van der Waals surface area contributed by atoms with Gasteiger partial charge in [-0.2, -0.15) is 5.10 Å². The highest BCUT2D eigenvalue weighted by molar-refractivity contribution is 9.10. The van der Waals surface area contributed by atoms with Gasteiger partial charge in [0.1, 0.15) is 0 Å². The van der Waals surface area contributed by atoms with Crippen LogP contribution in [0.2, 0.25) is 0 Å². The SMILES string of the molecule is CCCNC(C)CCc1c(Br)cnn1CCN(C)C. The number of likely N-dealkylation sites (N-methyl/N-ethyl adjacent to an activating group) is 1. The first-order chi connectivity index (χ1) is 9.04. The lowest BCUT2D eigenvalue weighted by atomic mass is 10.1. The zero-order valence-corrected chi connectivity index (χ0v) is 14.2. The van der Waals surface area contributed by atoms with Gasteiger partial charge in [-0.3, -0.25) is 4.68 Å². The van der Waals surface area contributed by atoms with Gasteiger partial charge in [-0.15, -0.1) is 0 Å². The molecular weight excluding hydrogens is 304 g/mol. The van der Waals surface area contributed by atoms with Crippen LogP contribution in [-0.4, -0.2) is 47.9 Å². The van der Waals surface area contributed by atoms with Crippen molar-refractivity contribution in [1.29, 1.82) is 0 Å². The summed E-state index contributed by atoms with van der Waals surface area (Å²) in [6.45, 7) is 7.52. The smallest absolute Gasteiger partial charge is 0.0635 e. The highest BCUT2D eigenvalue weighted by Crippen LogP contribution is 2.18. The summed E-state index contributed by atoms with van der Waals surface area (Å²) in [6, 6.07) is 0.559. The molecular formula is C14H27BrN4. The summed E-state index contributed by atoms with van der Waals surface area (Å²) < 4.78 is 3.25. The van der Waals surface area contributed by atoms with Gasteiger partial charge < -0.3 is 10.2 Å². The average Bonchev–Trinajstić information content (AvgIpc) is 2.72. The van der Waals surface area contributed by atoms with Crippen LogP contribution >= 0.6 is 15.9 Å². The van der Waals surface area contributed by atoms with E-state index < -0.39 is 0 Å². The molecule has 1 aromatic rings. The van der Waals surface area contributed by atoms with Gasteiger partial charge in [-0.25, -0.2) is 0 Å². The number of hydrogen-bond acceptors (Lipinski definition) is 3. The molecule has 4 nitrogen and oxygen atoms in total. The van der Waals surface area contributed by atoms with E-state index in [4.69, 9.17) is 0 Å². The topological polar surface area (TPSA) is 33.1 Å². The van der Waals surface area contributed by atoms with Crippen LogP contribution < -0.4 is 5.32 Å². The van der Waals surface area contributed by atoms with E-state index in [1.807, 2.05) is 6.20 Å². The van der Waals surface area contributed by atoms with E-state index in [2.05, 4.69) is 63.9 Å². The fourth-order valence-corrected chi connectivity index (χ4v) is 2.46. The van der Waals surface area contributed by atoms with Crippen LogP contribution in [0.25, 0.3) is 0 Å². The van der Waals surface area contributed by atoms with Crippen molar-refractivity contribution >= 4 is 15.9 Å². The molecule has 0 radical (unpaired) electrons. The van der Waals surface area contributed by atoms with Crippen LogP contribution in [0.4, 0.5) is 0 Å². The Morgan fingerprint density at radius 3 is 2.84 bits per heavy atom. The molecule has 0 aromatic carbocycles. The van der Waals surface area contributed by atoms with E-state index in [1.54, 1.807) is 0 Å². The van der Waals surface area contributed by atoms with Crippen molar-refractivity contribution < 1.29 is 0 Å². The maximum Gasteiger partial charge on any atom is 0.0635 e. The molecule has 1 aromatic heterocycles. The molecule has 1 heterocycles. The minimum atomic E-state index is 0.559. The predicted molar refractivity (Wildman–Crippen MR) is 84.6 cm³/mol. The molecule has 1 N–H and O–H groups in total. The third-order valence-electron chi connectivity index (χ3n) is 3.21. The monoisotopic (exact) mass is 330 g/mol. The Hall–Kier alpha value is -0.390. The Morgan fingerprint density at radius 2 is 2.21 bits per heavy atom. The van der Waals surface area contributed by atoms with Gasteiger partial charge in [0.05, 0.1) is 22.9 Å². The lowest BCUT2D eigenvalue weighted by Crippen LogP contribution is -2.27. The zero-order chi connectivity index (χ0) is 14.3. The quantitative estimate of drug-likeness (QED) is 0.755. The molecule has 0 amide bonds. The van der Waals surface area contributed by atoms with Crippen molar-refractivity contribution in [2.24, 2.45) is 0 Å². The third-order valence-corrected chi connectivity index (χ3v) is 3.88. The molecule has 1 unspecified atom stereocenters. The fourth-order valence-electron chi connectivity index (χ4n) is 1.97. The van der Waals surface area contributed by atoms with Crippen molar-refractivity contribution in [3.8, 4) is 0 Å². The first-order valence-electron chi connectivity index (χ1n) is 7.12. The van der Waals surface area contributed by atoms with Crippen LogP contribution in [0, 0.1) is 0 Å². The lowest BCUT2D eigenvalue weighted by Gasteiger charge is -2.15. The van der Waals surface area contributed by atoms with E-state index in [1.165, 1.54) is 12.1 Å². The van der Waals surface area contributed by atoms with Crippen molar-refractivity contribution in [3.05, 3.63) is 16.4 Å². The molecule has 5 heteroatoms. The van der Waals surface area contributed by atoms with E-state index in [-0.39, 0.29) is 0 Å². The van der Waals surface area contributed by atoms with Gasteiger partial charge in [0.2, 0.25) is 0 Å². The van der Waals surface area contributed by atoms with E-state index >= 15 is 0 Å². The predicted octanol–water partition coefficient (Wildman–Crippen LogP) is 2.53. The normalized spacial score (nSPS) is 13.2. The second-order valence-corrected chi connectivity index (χ2v) is 6.21. The highest BCUT2D eigenvalue weighted by Gasteiger charge is 2.10. The summed E-state index contributed by atoms with van der Waals surface area (Å²) in [5, 5.41) is 7.98. The second kappa shape index (κ2) is 8.72. The highest BCUT2D eigenvalue weighted by atomic mass is 79.9. The Balaban J connectivity index is 2.49. The summed E-state index contributed by atoms with van der Waals surface area (Å²) in [7, 11) is 4.18. The van der Waals surface area contributed by atoms with Crippen LogP contribution in [0.1, 0.15) is 32.4 Å². The summed E-state index contributed by atoms with van der Waals surface area (Å²) in [6.07, 6.45) is 5.31. The molecule has 1 rings (SSSR count). The molecule has 0 aliphatic rings. The van der Waals surface area contributed by atoms with Crippen molar-refractivity contribution in [2.75, 3.05) is 27.2 Å². The zero-order valence-electron chi connectivity index (χ0n) is 12.6. The summed E-state index contributed by atoms with van der Waals surface area (Å²) in [4.78, 5) is 2.19. The van der Waals surface area contributed by atoms with E-state index in [0.29, 0.717) is 6.04 Å². The molecule has 1 atom stereocenters. The van der Waals surface area contributed by atoms with E-state index in [9.17, 15) is 0 Å². The summed E-state index contributed by atoms with van der Waals surface area (Å²) in [5.74, 6) is 0. The van der Waals surface area contributed by atoms with Crippen molar-refractivity contribution in [1.82, 2.24) is 20.0 Å². The molecule has 0 bridgehead atoms. The maximum absolute atomic E-state index is 4.45. The first kappa shape index (κ1) is 16.7. The van der Waals surface area contributed by atoms with Crippen LogP contribution in [-0.2, 0) is 13.0 Å². The van der Waals surface area contributed by atoms with Crippen LogP contribution in [0.15, 0.2) is 10.7 Å². The molecule has 0 aliphatic heterocycles.